The summed E-state index contributed by atoms with van der Waals surface area (Å²) in [6.07, 6.45) is 1.82. The lowest BCUT2D eigenvalue weighted by molar-refractivity contribution is 0.174. The first-order valence-corrected chi connectivity index (χ1v) is 12.1. The van der Waals surface area contributed by atoms with Gasteiger partial charge in [-0.05, 0) is 61.3 Å². The van der Waals surface area contributed by atoms with E-state index < -0.39 is 0 Å². The number of hydrogen-bond donors (Lipinski definition) is 1. The van der Waals surface area contributed by atoms with Gasteiger partial charge in [0.25, 0.3) is 5.89 Å². The summed E-state index contributed by atoms with van der Waals surface area (Å²) in [6.45, 7) is 5.78. The first-order chi connectivity index (χ1) is 17.1. The summed E-state index contributed by atoms with van der Waals surface area (Å²) in [5, 5.41) is 8.45. The molecule has 1 unspecified atom stereocenters. The van der Waals surface area contributed by atoms with Crippen molar-refractivity contribution in [2.24, 2.45) is 0 Å². The molecule has 2 aliphatic heterocycles. The molecule has 0 bridgehead atoms. The first-order valence-electron chi connectivity index (χ1n) is 11.7. The number of aryl methyl sites for hydroxylation is 1. The van der Waals surface area contributed by atoms with Crippen LogP contribution in [0.2, 0.25) is 0 Å². The number of rotatable bonds is 8. The molecule has 5 rings (SSSR count). The van der Waals surface area contributed by atoms with Gasteiger partial charge in [0.2, 0.25) is 12.6 Å². The summed E-state index contributed by atoms with van der Waals surface area (Å²) >= 11 is 5.76. The number of fused-ring (bicyclic) bond motifs is 1. The highest BCUT2D eigenvalue weighted by molar-refractivity contribution is 7.80. The zero-order chi connectivity index (χ0) is 24.4. The molecule has 3 aromatic rings. The maximum atomic E-state index is 5.83. The zero-order valence-electron chi connectivity index (χ0n) is 20.0. The van der Waals surface area contributed by atoms with E-state index >= 15 is 0 Å². The molecule has 0 aliphatic carbocycles. The van der Waals surface area contributed by atoms with Gasteiger partial charge in [-0.3, -0.25) is 0 Å². The quantitative estimate of drug-likeness (QED) is 0.355. The van der Waals surface area contributed by atoms with Crippen molar-refractivity contribution in [3.63, 3.8) is 0 Å². The second-order valence-corrected chi connectivity index (χ2v) is 8.85. The van der Waals surface area contributed by atoms with E-state index in [1.54, 1.807) is 7.11 Å². The number of methoxy groups -OCH3 is 1. The predicted octanol–water partition coefficient (Wildman–Crippen LogP) is 4.73. The van der Waals surface area contributed by atoms with Crippen molar-refractivity contribution >= 4 is 22.9 Å². The molecule has 1 N–H and O–H groups in total. The minimum atomic E-state index is -0.211. The van der Waals surface area contributed by atoms with Crippen LogP contribution in [0, 0.1) is 0 Å². The van der Waals surface area contributed by atoms with E-state index in [-0.39, 0.29) is 12.8 Å². The van der Waals surface area contributed by atoms with Crippen molar-refractivity contribution in [1.29, 1.82) is 0 Å². The fourth-order valence-corrected chi connectivity index (χ4v) is 4.72. The smallest absolute Gasteiger partial charge is 0.258 e. The third-order valence-corrected chi connectivity index (χ3v) is 6.67. The fourth-order valence-electron chi connectivity index (χ4n) is 4.38. The number of benzene rings is 2. The van der Waals surface area contributed by atoms with Crippen molar-refractivity contribution in [2.45, 2.75) is 32.7 Å². The van der Waals surface area contributed by atoms with Crippen LogP contribution in [0.4, 0.5) is 0 Å². The van der Waals surface area contributed by atoms with Crippen LogP contribution in [0.15, 0.2) is 52.7 Å². The molecule has 1 aromatic heterocycles. The van der Waals surface area contributed by atoms with E-state index in [1.165, 1.54) is 5.56 Å². The van der Waals surface area contributed by atoms with Gasteiger partial charge < -0.3 is 29.0 Å². The Bertz CT molecular complexity index is 1250. The molecule has 2 aliphatic rings. The molecule has 0 amide bonds. The molecule has 9 heteroatoms. The molecule has 0 saturated carbocycles. The Morgan fingerprint density at radius 3 is 2.71 bits per heavy atom. The SMILES string of the molecule is CCc1ccc(C2NC(=S)N(CCCOC)C(C)=C2c2nc(-c3ccc4c(c3)OCO4)no2)cc1. The predicted molar refractivity (Wildman–Crippen MR) is 136 cm³/mol. The number of allylic oxidation sites excluding steroid dienone is 1. The van der Waals surface area contributed by atoms with E-state index in [2.05, 4.69) is 46.6 Å². The Morgan fingerprint density at radius 1 is 1.14 bits per heavy atom. The van der Waals surface area contributed by atoms with Crippen LogP contribution in [0.5, 0.6) is 11.5 Å². The molecule has 0 saturated heterocycles. The minimum absolute atomic E-state index is 0.211. The average molecular weight is 493 g/mol. The van der Waals surface area contributed by atoms with Gasteiger partial charge in [0.15, 0.2) is 16.6 Å². The van der Waals surface area contributed by atoms with Gasteiger partial charge in [-0.25, -0.2) is 0 Å². The van der Waals surface area contributed by atoms with Crippen LogP contribution in [0.3, 0.4) is 0 Å². The summed E-state index contributed by atoms with van der Waals surface area (Å²) in [6, 6.07) is 13.9. The maximum absolute atomic E-state index is 5.83. The van der Waals surface area contributed by atoms with Crippen LogP contribution in [0.1, 0.15) is 43.3 Å². The summed E-state index contributed by atoms with van der Waals surface area (Å²) < 4.78 is 22.0. The van der Waals surface area contributed by atoms with Crippen molar-refractivity contribution in [3.05, 3.63) is 65.2 Å². The van der Waals surface area contributed by atoms with Gasteiger partial charge >= 0.3 is 0 Å². The zero-order valence-corrected chi connectivity index (χ0v) is 20.9. The largest absolute Gasteiger partial charge is 0.454 e. The number of nitrogens with zero attached hydrogens (tertiary/aromatic N) is 3. The van der Waals surface area contributed by atoms with E-state index in [0.717, 1.165) is 41.8 Å². The van der Waals surface area contributed by atoms with Gasteiger partial charge in [0, 0.05) is 31.5 Å². The summed E-state index contributed by atoms with van der Waals surface area (Å²) in [4.78, 5) is 6.85. The summed E-state index contributed by atoms with van der Waals surface area (Å²) in [5.74, 6) is 2.32. The highest BCUT2D eigenvalue weighted by Gasteiger charge is 2.34. The Kier molecular flexibility index (Phi) is 6.70. The molecule has 3 heterocycles. The van der Waals surface area contributed by atoms with Crippen LogP contribution in [-0.2, 0) is 11.2 Å². The van der Waals surface area contributed by atoms with Gasteiger partial charge in [-0.2, -0.15) is 4.98 Å². The Labute approximate surface area is 209 Å². The molecule has 35 heavy (non-hydrogen) atoms. The third kappa shape index (κ3) is 4.61. The first kappa shape index (κ1) is 23.3. The Hall–Kier alpha value is -3.43. The number of thiocarbonyl (C=S) groups is 1. The molecule has 0 fully saturated rings. The molecule has 2 aromatic carbocycles. The maximum Gasteiger partial charge on any atom is 0.258 e. The summed E-state index contributed by atoms with van der Waals surface area (Å²) in [5.41, 5.74) is 5.04. The molecule has 182 valence electrons. The van der Waals surface area contributed by atoms with E-state index in [0.29, 0.717) is 34.9 Å². The molecule has 0 spiro atoms. The lowest BCUT2D eigenvalue weighted by atomic mass is 9.94. The van der Waals surface area contributed by atoms with Gasteiger partial charge in [0.1, 0.15) is 0 Å². The normalized spacial score (nSPS) is 17.2. The van der Waals surface area contributed by atoms with Crippen molar-refractivity contribution in [1.82, 2.24) is 20.4 Å². The van der Waals surface area contributed by atoms with Gasteiger partial charge in [-0.15, -0.1) is 0 Å². The topological polar surface area (TPSA) is 81.9 Å². The lowest BCUT2D eigenvalue weighted by Crippen LogP contribution is -2.46. The monoisotopic (exact) mass is 492 g/mol. The fraction of sp³-hybridized carbons (Fsp3) is 0.346. The van der Waals surface area contributed by atoms with Crippen LogP contribution in [0.25, 0.3) is 17.0 Å². The van der Waals surface area contributed by atoms with E-state index in [4.69, 9.17) is 35.9 Å². The molecule has 8 nitrogen and oxygen atoms in total. The summed E-state index contributed by atoms with van der Waals surface area (Å²) in [7, 11) is 1.70. The molecular formula is C26H28N4O4S. The van der Waals surface area contributed by atoms with E-state index in [1.807, 2.05) is 25.1 Å². The Balaban J connectivity index is 1.54. The van der Waals surface area contributed by atoms with Gasteiger partial charge in [-0.1, -0.05) is 36.3 Å². The average Bonchev–Trinajstić information content (AvgIpc) is 3.55. The van der Waals surface area contributed by atoms with Crippen molar-refractivity contribution in [2.75, 3.05) is 27.1 Å². The Morgan fingerprint density at radius 2 is 1.94 bits per heavy atom. The number of hydrogen-bond acceptors (Lipinski definition) is 7. The number of ether oxygens (including phenoxy) is 3. The second kappa shape index (κ2) is 10.1. The highest BCUT2D eigenvalue weighted by atomic mass is 32.1. The van der Waals surface area contributed by atoms with Crippen molar-refractivity contribution < 1.29 is 18.7 Å². The third-order valence-electron chi connectivity index (χ3n) is 6.33. The molecule has 1 atom stereocenters. The lowest BCUT2D eigenvalue weighted by Gasteiger charge is -2.37. The van der Waals surface area contributed by atoms with Crippen LogP contribution >= 0.6 is 12.2 Å². The minimum Gasteiger partial charge on any atom is -0.454 e. The van der Waals surface area contributed by atoms with Crippen molar-refractivity contribution in [3.8, 4) is 22.9 Å². The second-order valence-electron chi connectivity index (χ2n) is 8.47. The molecule has 0 radical (unpaired) electrons. The standard InChI is InChI=1S/C26H28N4O4S/c1-4-17-6-8-18(9-7-17)23-22(16(2)30(26(35)27-23)12-5-13-31-3)25-28-24(29-34-25)19-10-11-20-21(14-19)33-15-32-20/h6-11,14,23H,4-5,12-13,15H2,1-3H3,(H,27,35). The number of nitrogens with one attached hydrogen (secondary N) is 1. The van der Waals surface area contributed by atoms with Gasteiger partial charge in [0.05, 0.1) is 11.6 Å². The van der Waals surface area contributed by atoms with Crippen LogP contribution < -0.4 is 14.8 Å². The number of aromatic nitrogens is 2. The molecular weight excluding hydrogens is 464 g/mol. The van der Waals surface area contributed by atoms with E-state index in [9.17, 15) is 0 Å². The highest BCUT2D eigenvalue weighted by Crippen LogP contribution is 2.39. The van der Waals surface area contributed by atoms with Crippen LogP contribution in [-0.4, -0.2) is 47.2 Å².